The quantitative estimate of drug-likeness (QED) is 0.868. The van der Waals surface area contributed by atoms with E-state index in [1.54, 1.807) is 13.8 Å². The standard InChI is InChI=1S/C18H25N3O2/c1-18(2)16(22)21(17(23)19-18)12-11-20(3)15-10-6-8-13-7-4-5-9-14(13)15/h4-5,7,9,15H,6,8,10-12H2,1-3H3,(H,19,23)/t15-/m1/s1. The summed E-state index contributed by atoms with van der Waals surface area (Å²) in [6, 6.07) is 8.68. The number of aryl methyl sites for hydroxylation is 1. The number of urea groups is 1. The number of benzene rings is 1. The lowest BCUT2D eigenvalue weighted by atomic mass is 9.87. The van der Waals surface area contributed by atoms with Crippen molar-refractivity contribution in [2.45, 2.75) is 44.7 Å². The molecule has 1 N–H and O–H groups in total. The van der Waals surface area contributed by atoms with E-state index < -0.39 is 5.54 Å². The number of carbonyl (C=O) groups excluding carboxylic acids is 2. The highest BCUT2D eigenvalue weighted by molar-refractivity contribution is 6.06. The van der Waals surface area contributed by atoms with Gasteiger partial charge in [-0.3, -0.25) is 14.6 Å². The van der Waals surface area contributed by atoms with Crippen molar-refractivity contribution in [3.05, 3.63) is 35.4 Å². The van der Waals surface area contributed by atoms with E-state index in [-0.39, 0.29) is 11.9 Å². The highest BCUT2D eigenvalue weighted by Gasteiger charge is 2.44. The molecule has 23 heavy (non-hydrogen) atoms. The van der Waals surface area contributed by atoms with E-state index in [1.807, 2.05) is 0 Å². The molecular formula is C18H25N3O2. The Labute approximate surface area is 137 Å². The van der Waals surface area contributed by atoms with Gasteiger partial charge in [0.2, 0.25) is 0 Å². The second-order valence-corrected chi connectivity index (χ2v) is 7.10. The van der Waals surface area contributed by atoms with Gasteiger partial charge in [-0.05, 0) is 51.3 Å². The Balaban J connectivity index is 1.66. The number of rotatable bonds is 4. The van der Waals surface area contributed by atoms with Gasteiger partial charge in [-0.25, -0.2) is 4.79 Å². The van der Waals surface area contributed by atoms with Crippen molar-refractivity contribution in [2.24, 2.45) is 0 Å². The Kier molecular flexibility index (Phi) is 4.15. The first-order valence-corrected chi connectivity index (χ1v) is 8.32. The fraction of sp³-hybridized carbons (Fsp3) is 0.556. The van der Waals surface area contributed by atoms with Crippen LogP contribution in [0.3, 0.4) is 0 Å². The van der Waals surface area contributed by atoms with Gasteiger partial charge in [0, 0.05) is 19.1 Å². The summed E-state index contributed by atoms with van der Waals surface area (Å²) in [5.41, 5.74) is 2.03. The number of hydrogen-bond donors (Lipinski definition) is 1. The number of amides is 3. The van der Waals surface area contributed by atoms with E-state index in [2.05, 4.69) is 41.5 Å². The molecule has 1 fully saturated rings. The molecule has 1 aliphatic carbocycles. The third kappa shape index (κ3) is 2.98. The summed E-state index contributed by atoms with van der Waals surface area (Å²) >= 11 is 0. The normalized spacial score (nSPS) is 23.1. The lowest BCUT2D eigenvalue weighted by molar-refractivity contribution is -0.130. The van der Waals surface area contributed by atoms with Crippen LogP contribution >= 0.6 is 0 Å². The predicted molar refractivity (Wildman–Crippen MR) is 89.1 cm³/mol. The summed E-state index contributed by atoms with van der Waals surface area (Å²) < 4.78 is 0. The average Bonchev–Trinajstić information content (AvgIpc) is 2.72. The zero-order chi connectivity index (χ0) is 16.6. The van der Waals surface area contributed by atoms with Gasteiger partial charge >= 0.3 is 6.03 Å². The van der Waals surface area contributed by atoms with Crippen LogP contribution < -0.4 is 5.32 Å². The van der Waals surface area contributed by atoms with Crippen LogP contribution in [0.4, 0.5) is 4.79 Å². The number of imide groups is 1. The van der Waals surface area contributed by atoms with Gasteiger partial charge in [0.05, 0.1) is 0 Å². The number of hydrogen-bond acceptors (Lipinski definition) is 3. The first kappa shape index (κ1) is 16.0. The Bertz CT molecular complexity index is 626. The molecule has 1 heterocycles. The number of nitrogens with one attached hydrogen (secondary N) is 1. The van der Waals surface area contributed by atoms with Crippen molar-refractivity contribution in [3.63, 3.8) is 0 Å². The van der Waals surface area contributed by atoms with Crippen LogP contribution in [0, 0.1) is 0 Å². The Morgan fingerprint density at radius 1 is 1.30 bits per heavy atom. The third-order valence-electron chi connectivity index (χ3n) is 4.99. The minimum atomic E-state index is -0.785. The largest absolute Gasteiger partial charge is 0.325 e. The minimum Gasteiger partial charge on any atom is -0.324 e. The first-order valence-electron chi connectivity index (χ1n) is 8.32. The number of nitrogens with zero attached hydrogens (tertiary/aromatic N) is 2. The van der Waals surface area contributed by atoms with Crippen LogP contribution in [0.15, 0.2) is 24.3 Å². The molecule has 0 aromatic heterocycles. The molecule has 124 valence electrons. The topological polar surface area (TPSA) is 52.6 Å². The molecule has 0 bridgehead atoms. The molecule has 0 radical (unpaired) electrons. The van der Waals surface area contributed by atoms with E-state index >= 15 is 0 Å². The summed E-state index contributed by atoms with van der Waals surface area (Å²) in [4.78, 5) is 27.8. The van der Waals surface area contributed by atoms with E-state index in [1.165, 1.54) is 22.4 Å². The van der Waals surface area contributed by atoms with Crippen LogP contribution in [0.5, 0.6) is 0 Å². The molecule has 3 rings (SSSR count). The van der Waals surface area contributed by atoms with Crippen LogP contribution in [0.1, 0.15) is 43.9 Å². The maximum atomic E-state index is 12.2. The fourth-order valence-electron chi connectivity index (χ4n) is 3.62. The average molecular weight is 315 g/mol. The molecule has 1 atom stereocenters. The van der Waals surface area contributed by atoms with Crippen LogP contribution in [0.25, 0.3) is 0 Å². The summed E-state index contributed by atoms with van der Waals surface area (Å²) in [5.74, 6) is -0.139. The third-order valence-corrected chi connectivity index (χ3v) is 4.99. The molecule has 0 unspecified atom stereocenters. The maximum Gasteiger partial charge on any atom is 0.325 e. The van der Waals surface area contributed by atoms with E-state index in [0.29, 0.717) is 19.1 Å². The number of fused-ring (bicyclic) bond motifs is 1. The summed E-state index contributed by atoms with van der Waals surface area (Å²) in [7, 11) is 2.08. The van der Waals surface area contributed by atoms with Gasteiger partial charge in [0.15, 0.2) is 0 Å². The van der Waals surface area contributed by atoms with Gasteiger partial charge < -0.3 is 5.32 Å². The molecule has 1 aromatic carbocycles. The van der Waals surface area contributed by atoms with Crippen LogP contribution in [-0.2, 0) is 11.2 Å². The summed E-state index contributed by atoms with van der Waals surface area (Å²) in [6.07, 6.45) is 3.45. The summed E-state index contributed by atoms with van der Waals surface area (Å²) in [6.45, 7) is 4.61. The number of carbonyl (C=O) groups is 2. The first-order chi connectivity index (χ1) is 10.9. The van der Waals surface area contributed by atoms with E-state index in [9.17, 15) is 9.59 Å². The molecule has 1 aromatic rings. The second kappa shape index (κ2) is 5.96. The van der Waals surface area contributed by atoms with Crippen LogP contribution in [0.2, 0.25) is 0 Å². The highest BCUT2D eigenvalue weighted by atomic mass is 16.2. The lowest BCUT2D eigenvalue weighted by Gasteiger charge is -2.34. The minimum absolute atomic E-state index is 0.139. The van der Waals surface area contributed by atoms with E-state index in [4.69, 9.17) is 0 Å². The van der Waals surface area contributed by atoms with Gasteiger partial charge in [0.25, 0.3) is 5.91 Å². The van der Waals surface area contributed by atoms with Crippen molar-refractivity contribution in [1.82, 2.24) is 15.1 Å². The molecular weight excluding hydrogens is 290 g/mol. The Hall–Kier alpha value is -1.88. The van der Waals surface area contributed by atoms with E-state index in [0.717, 1.165) is 12.8 Å². The molecule has 5 nitrogen and oxygen atoms in total. The zero-order valence-corrected chi connectivity index (χ0v) is 14.1. The SMILES string of the molecule is CN(CCN1C(=O)NC(C)(C)C1=O)[C@@H]1CCCc2ccccc21. The number of likely N-dealkylation sites (N-methyl/N-ethyl adjacent to an activating group) is 1. The second-order valence-electron chi connectivity index (χ2n) is 7.10. The van der Waals surface area contributed by atoms with Crippen molar-refractivity contribution in [2.75, 3.05) is 20.1 Å². The molecule has 0 spiro atoms. The van der Waals surface area contributed by atoms with Gasteiger partial charge in [-0.2, -0.15) is 0 Å². The monoisotopic (exact) mass is 315 g/mol. The van der Waals surface area contributed by atoms with Crippen molar-refractivity contribution in [3.8, 4) is 0 Å². The Morgan fingerprint density at radius 2 is 2.04 bits per heavy atom. The maximum absolute atomic E-state index is 12.2. The molecule has 0 saturated carbocycles. The van der Waals surface area contributed by atoms with Crippen molar-refractivity contribution in [1.29, 1.82) is 0 Å². The smallest absolute Gasteiger partial charge is 0.324 e. The lowest BCUT2D eigenvalue weighted by Crippen LogP contribution is -2.42. The molecule has 2 aliphatic rings. The van der Waals surface area contributed by atoms with Crippen molar-refractivity contribution >= 4 is 11.9 Å². The van der Waals surface area contributed by atoms with Gasteiger partial charge in [-0.15, -0.1) is 0 Å². The molecule has 3 amide bonds. The molecule has 1 saturated heterocycles. The molecule has 1 aliphatic heterocycles. The zero-order valence-electron chi connectivity index (χ0n) is 14.1. The van der Waals surface area contributed by atoms with Gasteiger partial charge in [-0.1, -0.05) is 24.3 Å². The van der Waals surface area contributed by atoms with Crippen molar-refractivity contribution < 1.29 is 9.59 Å². The Morgan fingerprint density at radius 3 is 2.74 bits per heavy atom. The predicted octanol–water partition coefficient (Wildman–Crippen LogP) is 2.33. The fourth-order valence-corrected chi connectivity index (χ4v) is 3.62. The van der Waals surface area contributed by atoms with Gasteiger partial charge in [0.1, 0.15) is 5.54 Å². The summed E-state index contributed by atoms with van der Waals surface area (Å²) in [5, 5.41) is 2.73. The molecule has 5 heteroatoms. The highest BCUT2D eigenvalue weighted by Crippen LogP contribution is 2.33. The van der Waals surface area contributed by atoms with Crippen LogP contribution in [-0.4, -0.2) is 47.4 Å².